The van der Waals surface area contributed by atoms with Crippen molar-refractivity contribution in [3.63, 3.8) is 0 Å². The van der Waals surface area contributed by atoms with Crippen LogP contribution in [-0.2, 0) is 5.41 Å². The summed E-state index contributed by atoms with van der Waals surface area (Å²) in [7, 11) is 0. The Labute approximate surface area is 103 Å². The normalized spacial score (nSPS) is 19.9. The largest absolute Gasteiger partial charge is 0.387 e. The summed E-state index contributed by atoms with van der Waals surface area (Å²) < 4.78 is 53.7. The van der Waals surface area contributed by atoms with Gasteiger partial charge < -0.3 is 5.11 Å². The van der Waals surface area contributed by atoms with E-state index in [-0.39, 0.29) is 5.56 Å². The number of aliphatic hydroxyl groups excluding tert-OH is 1. The third-order valence-electron chi connectivity index (χ3n) is 3.15. The van der Waals surface area contributed by atoms with Gasteiger partial charge in [-0.05, 0) is 25.5 Å². The lowest BCUT2D eigenvalue weighted by molar-refractivity contribution is -0.0210. The molecule has 0 spiro atoms. The molecule has 1 aromatic rings. The number of benzene rings is 1. The first-order valence-electron chi connectivity index (χ1n) is 5.61. The molecule has 1 rings (SSSR count). The lowest BCUT2D eigenvalue weighted by Crippen LogP contribution is -2.47. The van der Waals surface area contributed by atoms with Crippen LogP contribution in [-0.4, -0.2) is 30.2 Å². The first-order chi connectivity index (χ1) is 8.34. The molecule has 0 aliphatic heterocycles. The van der Waals surface area contributed by atoms with E-state index in [1.807, 2.05) is 0 Å². The Balaban J connectivity index is 3.17. The minimum absolute atomic E-state index is 0.209. The Morgan fingerprint density at radius 1 is 1.28 bits per heavy atom. The van der Waals surface area contributed by atoms with Crippen LogP contribution in [0.25, 0.3) is 0 Å². The van der Waals surface area contributed by atoms with Crippen LogP contribution in [0, 0.1) is 5.82 Å². The van der Waals surface area contributed by atoms with Crippen molar-refractivity contribution in [2.45, 2.75) is 37.7 Å². The zero-order chi connectivity index (χ0) is 13.9. The van der Waals surface area contributed by atoms with Gasteiger partial charge in [0.15, 0.2) is 0 Å². The second-order valence-corrected chi connectivity index (χ2v) is 4.60. The second-order valence-electron chi connectivity index (χ2n) is 4.60. The van der Waals surface area contributed by atoms with Crippen LogP contribution in [0.2, 0.25) is 0 Å². The van der Waals surface area contributed by atoms with E-state index in [0.717, 1.165) is 19.9 Å². The first-order valence-corrected chi connectivity index (χ1v) is 5.61. The zero-order valence-electron chi connectivity index (χ0n) is 10.2. The fourth-order valence-corrected chi connectivity index (χ4v) is 1.83. The van der Waals surface area contributed by atoms with Crippen molar-refractivity contribution in [2.24, 2.45) is 0 Å². The van der Waals surface area contributed by atoms with Crippen LogP contribution >= 0.6 is 0 Å². The molecule has 0 aliphatic carbocycles. The summed E-state index contributed by atoms with van der Waals surface area (Å²) in [5.41, 5.74) is -2.12. The molecule has 4 unspecified atom stereocenters. The standard InChI is InChI=1S/C13H16F4O/c1-8(15)11(18)12(17)13(2,7-14)9-5-3-4-6-10(9)16/h3-6,8,11-12,18H,7H2,1-2H3. The molecule has 5 heteroatoms. The van der Waals surface area contributed by atoms with Crippen molar-refractivity contribution >= 4 is 0 Å². The Kier molecular flexibility index (Phi) is 4.73. The van der Waals surface area contributed by atoms with Crippen molar-refractivity contribution < 1.29 is 22.7 Å². The smallest absolute Gasteiger partial charge is 0.141 e. The van der Waals surface area contributed by atoms with Gasteiger partial charge in [-0.15, -0.1) is 0 Å². The Morgan fingerprint density at radius 3 is 2.28 bits per heavy atom. The van der Waals surface area contributed by atoms with Crippen LogP contribution in [0.5, 0.6) is 0 Å². The van der Waals surface area contributed by atoms with Crippen molar-refractivity contribution in [3.05, 3.63) is 35.6 Å². The average molecular weight is 264 g/mol. The van der Waals surface area contributed by atoms with Gasteiger partial charge >= 0.3 is 0 Å². The van der Waals surface area contributed by atoms with E-state index in [4.69, 9.17) is 0 Å². The molecule has 0 amide bonds. The van der Waals surface area contributed by atoms with E-state index in [0.29, 0.717) is 0 Å². The van der Waals surface area contributed by atoms with E-state index < -0.39 is 36.4 Å². The van der Waals surface area contributed by atoms with Crippen molar-refractivity contribution in [3.8, 4) is 0 Å². The summed E-state index contributed by atoms with van der Waals surface area (Å²) in [5.74, 6) is -0.779. The number of hydrogen-bond donors (Lipinski definition) is 1. The minimum atomic E-state index is -2.24. The highest BCUT2D eigenvalue weighted by molar-refractivity contribution is 5.28. The van der Waals surface area contributed by atoms with E-state index in [2.05, 4.69) is 0 Å². The summed E-state index contributed by atoms with van der Waals surface area (Å²) >= 11 is 0. The fourth-order valence-electron chi connectivity index (χ4n) is 1.83. The lowest BCUT2D eigenvalue weighted by Gasteiger charge is -2.34. The molecule has 1 N–H and O–H groups in total. The molecule has 1 nitrogen and oxygen atoms in total. The van der Waals surface area contributed by atoms with Gasteiger partial charge in [0.2, 0.25) is 0 Å². The van der Waals surface area contributed by atoms with E-state index in [1.165, 1.54) is 18.2 Å². The van der Waals surface area contributed by atoms with Gasteiger partial charge in [-0.1, -0.05) is 18.2 Å². The van der Waals surface area contributed by atoms with Gasteiger partial charge in [0.25, 0.3) is 0 Å². The molecule has 0 saturated heterocycles. The summed E-state index contributed by atoms with van der Waals surface area (Å²) in [6.07, 6.45) is -6.09. The Morgan fingerprint density at radius 2 is 1.83 bits per heavy atom. The van der Waals surface area contributed by atoms with E-state index in [9.17, 15) is 22.7 Å². The van der Waals surface area contributed by atoms with Crippen molar-refractivity contribution in [1.29, 1.82) is 0 Å². The van der Waals surface area contributed by atoms with Crippen LogP contribution in [0.4, 0.5) is 17.6 Å². The van der Waals surface area contributed by atoms with Crippen LogP contribution in [0.1, 0.15) is 19.4 Å². The maximum absolute atomic E-state index is 14.1. The zero-order valence-corrected chi connectivity index (χ0v) is 10.2. The topological polar surface area (TPSA) is 20.2 Å². The van der Waals surface area contributed by atoms with Crippen molar-refractivity contribution in [2.75, 3.05) is 6.67 Å². The quantitative estimate of drug-likeness (QED) is 0.810. The Bertz CT molecular complexity index is 396. The third-order valence-corrected chi connectivity index (χ3v) is 3.15. The predicted molar refractivity (Wildman–Crippen MR) is 61.2 cm³/mol. The molecule has 0 saturated carbocycles. The SMILES string of the molecule is CC(F)C(O)C(F)C(C)(CF)c1ccccc1F. The average Bonchev–Trinajstić information content (AvgIpc) is 2.36. The number of rotatable bonds is 5. The molecular formula is C13H16F4O. The maximum Gasteiger partial charge on any atom is 0.141 e. The van der Waals surface area contributed by atoms with Crippen LogP contribution in [0.3, 0.4) is 0 Å². The number of aliphatic hydroxyl groups is 1. The molecular weight excluding hydrogens is 248 g/mol. The first kappa shape index (κ1) is 15.0. The summed E-state index contributed by atoms with van der Waals surface area (Å²) in [5, 5.41) is 9.37. The Hall–Kier alpha value is -1.10. The molecule has 0 bridgehead atoms. The monoisotopic (exact) mass is 264 g/mol. The van der Waals surface area contributed by atoms with Gasteiger partial charge in [-0.3, -0.25) is 4.39 Å². The van der Waals surface area contributed by atoms with Gasteiger partial charge in [-0.25, -0.2) is 13.2 Å². The number of halogens is 4. The molecule has 18 heavy (non-hydrogen) atoms. The molecule has 0 aliphatic rings. The highest BCUT2D eigenvalue weighted by Crippen LogP contribution is 2.35. The van der Waals surface area contributed by atoms with Gasteiger partial charge in [0.1, 0.15) is 30.9 Å². The van der Waals surface area contributed by atoms with Gasteiger partial charge in [0, 0.05) is 0 Å². The number of hydrogen-bond acceptors (Lipinski definition) is 1. The maximum atomic E-state index is 14.1. The van der Waals surface area contributed by atoms with Crippen LogP contribution < -0.4 is 0 Å². The fraction of sp³-hybridized carbons (Fsp3) is 0.538. The minimum Gasteiger partial charge on any atom is -0.387 e. The third kappa shape index (κ3) is 2.66. The van der Waals surface area contributed by atoms with Crippen molar-refractivity contribution in [1.82, 2.24) is 0 Å². The summed E-state index contributed by atoms with van der Waals surface area (Å²) in [6, 6.07) is 5.13. The highest BCUT2D eigenvalue weighted by atomic mass is 19.2. The molecule has 0 radical (unpaired) electrons. The molecule has 1 aromatic carbocycles. The van der Waals surface area contributed by atoms with Gasteiger partial charge in [0.05, 0.1) is 5.41 Å². The highest BCUT2D eigenvalue weighted by Gasteiger charge is 2.44. The number of alkyl halides is 3. The molecule has 0 aromatic heterocycles. The van der Waals surface area contributed by atoms with Crippen LogP contribution in [0.15, 0.2) is 24.3 Å². The van der Waals surface area contributed by atoms with E-state index in [1.54, 1.807) is 0 Å². The molecule has 0 heterocycles. The second kappa shape index (κ2) is 5.69. The van der Waals surface area contributed by atoms with E-state index >= 15 is 0 Å². The summed E-state index contributed by atoms with van der Waals surface area (Å²) in [6.45, 7) is 0.859. The van der Waals surface area contributed by atoms with Gasteiger partial charge in [-0.2, -0.15) is 0 Å². The molecule has 102 valence electrons. The molecule has 4 atom stereocenters. The predicted octanol–water partition coefficient (Wildman–Crippen LogP) is 3.11. The lowest BCUT2D eigenvalue weighted by atomic mass is 9.76. The summed E-state index contributed by atoms with van der Waals surface area (Å²) in [4.78, 5) is 0. The molecule has 0 fully saturated rings.